The Labute approximate surface area is 141 Å². The summed E-state index contributed by atoms with van der Waals surface area (Å²) in [6.45, 7) is 6.94. The lowest BCUT2D eigenvalue weighted by Gasteiger charge is -2.35. The SMILES string of the molecule is CCC(=O)N1CCN(c2ccc(Nc3ccc(C)cn3)nn2)CC1. The fourth-order valence-electron chi connectivity index (χ4n) is 2.64. The molecule has 3 rings (SSSR count). The Morgan fingerprint density at radius 3 is 2.42 bits per heavy atom. The van der Waals surface area contributed by atoms with Gasteiger partial charge in [0.2, 0.25) is 5.91 Å². The Morgan fingerprint density at radius 2 is 1.83 bits per heavy atom. The zero-order valence-corrected chi connectivity index (χ0v) is 14.1. The van der Waals surface area contributed by atoms with Gasteiger partial charge in [-0.15, -0.1) is 10.2 Å². The summed E-state index contributed by atoms with van der Waals surface area (Å²) in [5.74, 6) is 2.45. The third kappa shape index (κ3) is 3.79. The third-order valence-corrected chi connectivity index (χ3v) is 4.08. The second-order valence-electron chi connectivity index (χ2n) is 5.84. The smallest absolute Gasteiger partial charge is 0.222 e. The van der Waals surface area contributed by atoms with Crippen LogP contribution in [-0.2, 0) is 4.79 Å². The summed E-state index contributed by atoms with van der Waals surface area (Å²) in [5.41, 5.74) is 1.11. The summed E-state index contributed by atoms with van der Waals surface area (Å²) in [7, 11) is 0. The molecule has 1 fully saturated rings. The molecule has 1 aliphatic heterocycles. The van der Waals surface area contributed by atoms with Crippen molar-refractivity contribution in [1.82, 2.24) is 20.1 Å². The Hall–Kier alpha value is -2.70. The van der Waals surface area contributed by atoms with E-state index in [-0.39, 0.29) is 5.91 Å². The van der Waals surface area contributed by atoms with Crippen molar-refractivity contribution in [3.05, 3.63) is 36.0 Å². The quantitative estimate of drug-likeness (QED) is 0.926. The molecule has 0 aromatic carbocycles. The normalized spacial score (nSPS) is 14.6. The first-order valence-electron chi connectivity index (χ1n) is 8.22. The number of rotatable bonds is 4. The van der Waals surface area contributed by atoms with E-state index in [2.05, 4.69) is 25.4 Å². The molecule has 1 saturated heterocycles. The van der Waals surface area contributed by atoms with Gasteiger partial charge in [-0.3, -0.25) is 4.79 Å². The van der Waals surface area contributed by atoms with E-state index >= 15 is 0 Å². The molecule has 0 spiro atoms. The number of piperazine rings is 1. The fourth-order valence-corrected chi connectivity index (χ4v) is 2.64. The van der Waals surface area contributed by atoms with Crippen LogP contribution in [-0.4, -0.2) is 52.2 Å². The lowest BCUT2D eigenvalue weighted by Crippen LogP contribution is -2.48. The average molecular weight is 326 g/mol. The Balaban J connectivity index is 1.59. The minimum absolute atomic E-state index is 0.214. The largest absolute Gasteiger partial charge is 0.352 e. The van der Waals surface area contributed by atoms with Gasteiger partial charge < -0.3 is 15.1 Å². The molecular weight excluding hydrogens is 304 g/mol. The maximum absolute atomic E-state index is 11.7. The van der Waals surface area contributed by atoms with Gasteiger partial charge in [0, 0.05) is 38.8 Å². The number of aromatic nitrogens is 3. The van der Waals surface area contributed by atoms with Crippen molar-refractivity contribution in [2.24, 2.45) is 0 Å². The monoisotopic (exact) mass is 326 g/mol. The van der Waals surface area contributed by atoms with Crippen LogP contribution in [0.5, 0.6) is 0 Å². The minimum atomic E-state index is 0.214. The summed E-state index contributed by atoms with van der Waals surface area (Å²) in [6, 6.07) is 7.75. The third-order valence-electron chi connectivity index (χ3n) is 4.08. The number of nitrogens with zero attached hydrogens (tertiary/aromatic N) is 5. The number of pyridine rings is 1. The van der Waals surface area contributed by atoms with Crippen LogP contribution in [0.3, 0.4) is 0 Å². The van der Waals surface area contributed by atoms with Crippen molar-refractivity contribution in [2.45, 2.75) is 20.3 Å². The summed E-state index contributed by atoms with van der Waals surface area (Å²) in [5, 5.41) is 11.6. The number of hydrogen-bond acceptors (Lipinski definition) is 6. The average Bonchev–Trinajstić information content (AvgIpc) is 2.64. The van der Waals surface area contributed by atoms with Crippen LogP contribution in [0.15, 0.2) is 30.5 Å². The zero-order chi connectivity index (χ0) is 16.9. The molecule has 2 aromatic heterocycles. The first-order valence-corrected chi connectivity index (χ1v) is 8.22. The van der Waals surface area contributed by atoms with Crippen LogP contribution in [0.1, 0.15) is 18.9 Å². The molecule has 1 N–H and O–H groups in total. The highest BCUT2D eigenvalue weighted by molar-refractivity contribution is 5.76. The van der Waals surface area contributed by atoms with Crippen molar-refractivity contribution >= 4 is 23.4 Å². The van der Waals surface area contributed by atoms with Crippen molar-refractivity contribution < 1.29 is 4.79 Å². The zero-order valence-electron chi connectivity index (χ0n) is 14.1. The molecule has 1 aliphatic rings. The van der Waals surface area contributed by atoms with E-state index in [0.717, 1.165) is 43.4 Å². The Kier molecular flexibility index (Phi) is 4.88. The topological polar surface area (TPSA) is 74.2 Å². The number of carbonyl (C=O) groups is 1. The molecule has 7 heteroatoms. The van der Waals surface area contributed by atoms with Gasteiger partial charge in [-0.25, -0.2) is 4.98 Å². The molecular formula is C17H22N6O. The van der Waals surface area contributed by atoms with Crippen LogP contribution in [0, 0.1) is 6.92 Å². The van der Waals surface area contributed by atoms with Crippen LogP contribution in [0.2, 0.25) is 0 Å². The standard InChI is InChI=1S/C17H22N6O/c1-3-17(24)23-10-8-22(9-11-23)16-7-6-15(20-21-16)19-14-5-4-13(2)12-18-14/h4-7,12H,3,8-11H2,1-2H3,(H,18,19,20). The van der Waals surface area contributed by atoms with Crippen LogP contribution in [0.25, 0.3) is 0 Å². The number of aryl methyl sites for hydroxylation is 1. The van der Waals surface area contributed by atoms with E-state index < -0.39 is 0 Å². The summed E-state index contributed by atoms with van der Waals surface area (Å²) >= 11 is 0. The molecule has 3 heterocycles. The predicted molar refractivity (Wildman–Crippen MR) is 93.4 cm³/mol. The van der Waals surface area contributed by atoms with E-state index in [1.807, 2.05) is 43.0 Å². The molecule has 2 aromatic rings. The molecule has 0 radical (unpaired) electrons. The second-order valence-corrected chi connectivity index (χ2v) is 5.84. The molecule has 0 aliphatic carbocycles. The Bertz CT molecular complexity index is 677. The van der Waals surface area contributed by atoms with Gasteiger partial charge in [0.05, 0.1) is 0 Å². The fraction of sp³-hybridized carbons (Fsp3) is 0.412. The number of nitrogens with one attached hydrogen (secondary N) is 1. The van der Waals surface area contributed by atoms with Crippen molar-refractivity contribution in [2.75, 3.05) is 36.4 Å². The maximum atomic E-state index is 11.7. The summed E-state index contributed by atoms with van der Waals surface area (Å²) in [4.78, 5) is 20.1. The van der Waals surface area contributed by atoms with Crippen molar-refractivity contribution in [1.29, 1.82) is 0 Å². The number of anilines is 3. The van der Waals surface area contributed by atoms with E-state index in [0.29, 0.717) is 12.2 Å². The first-order chi connectivity index (χ1) is 11.7. The molecule has 0 unspecified atom stereocenters. The van der Waals surface area contributed by atoms with Gasteiger partial charge in [0.1, 0.15) is 5.82 Å². The summed E-state index contributed by atoms with van der Waals surface area (Å²) in [6.07, 6.45) is 2.37. The molecule has 1 amide bonds. The number of amides is 1. The van der Waals surface area contributed by atoms with Gasteiger partial charge >= 0.3 is 0 Å². The number of carbonyl (C=O) groups excluding carboxylic acids is 1. The Morgan fingerprint density at radius 1 is 1.08 bits per heavy atom. The van der Waals surface area contributed by atoms with Gasteiger partial charge in [-0.2, -0.15) is 0 Å². The van der Waals surface area contributed by atoms with Gasteiger partial charge in [0.25, 0.3) is 0 Å². The molecule has 24 heavy (non-hydrogen) atoms. The molecule has 126 valence electrons. The first kappa shape index (κ1) is 16.2. The molecule has 0 atom stereocenters. The van der Waals surface area contributed by atoms with Crippen LogP contribution in [0.4, 0.5) is 17.5 Å². The van der Waals surface area contributed by atoms with E-state index in [4.69, 9.17) is 0 Å². The van der Waals surface area contributed by atoms with Gasteiger partial charge in [-0.05, 0) is 30.7 Å². The van der Waals surface area contributed by atoms with E-state index in [9.17, 15) is 4.79 Å². The molecule has 7 nitrogen and oxygen atoms in total. The van der Waals surface area contributed by atoms with Crippen LogP contribution < -0.4 is 10.2 Å². The maximum Gasteiger partial charge on any atom is 0.222 e. The van der Waals surface area contributed by atoms with Crippen LogP contribution >= 0.6 is 0 Å². The lowest BCUT2D eigenvalue weighted by atomic mass is 10.3. The van der Waals surface area contributed by atoms with Crippen molar-refractivity contribution in [3.8, 4) is 0 Å². The van der Waals surface area contributed by atoms with E-state index in [1.165, 1.54) is 0 Å². The number of hydrogen-bond donors (Lipinski definition) is 1. The molecule has 0 bridgehead atoms. The van der Waals surface area contributed by atoms with E-state index in [1.54, 1.807) is 6.20 Å². The lowest BCUT2D eigenvalue weighted by molar-refractivity contribution is -0.131. The van der Waals surface area contributed by atoms with Gasteiger partial charge in [-0.1, -0.05) is 13.0 Å². The summed E-state index contributed by atoms with van der Waals surface area (Å²) < 4.78 is 0. The highest BCUT2D eigenvalue weighted by Crippen LogP contribution is 2.17. The highest BCUT2D eigenvalue weighted by Gasteiger charge is 2.20. The minimum Gasteiger partial charge on any atom is -0.352 e. The van der Waals surface area contributed by atoms with Crippen molar-refractivity contribution in [3.63, 3.8) is 0 Å². The molecule has 0 saturated carbocycles. The van der Waals surface area contributed by atoms with Gasteiger partial charge in [0.15, 0.2) is 11.6 Å². The highest BCUT2D eigenvalue weighted by atomic mass is 16.2. The predicted octanol–water partition coefficient (Wildman–Crippen LogP) is 1.98. The second kappa shape index (κ2) is 7.25.